The molecule has 0 saturated heterocycles. The van der Waals surface area contributed by atoms with Gasteiger partial charge < -0.3 is 14.6 Å². The molecule has 1 aromatic heterocycles. The van der Waals surface area contributed by atoms with Gasteiger partial charge in [0.1, 0.15) is 0 Å². The molecular weight excluding hydrogens is 236 g/mol. The minimum Gasteiger partial charge on any atom is -0.383 e. The van der Waals surface area contributed by atoms with Gasteiger partial charge in [-0.25, -0.2) is 0 Å². The van der Waals surface area contributed by atoms with Crippen LogP contribution in [0.2, 0.25) is 0 Å². The average Bonchev–Trinajstić information content (AvgIpc) is 2.80. The number of methoxy groups -OCH3 is 1. The second-order valence-corrected chi connectivity index (χ2v) is 4.86. The zero-order valence-corrected chi connectivity index (χ0v) is 12.0. The summed E-state index contributed by atoms with van der Waals surface area (Å²) in [6.45, 7) is 6.02. The minimum atomic E-state index is 0.756. The highest BCUT2D eigenvalue weighted by molar-refractivity contribution is 5.84. The molecule has 3 heteroatoms. The van der Waals surface area contributed by atoms with Crippen molar-refractivity contribution in [3.05, 3.63) is 36.0 Å². The molecule has 19 heavy (non-hydrogen) atoms. The monoisotopic (exact) mass is 260 g/mol. The first-order valence-corrected chi connectivity index (χ1v) is 7.13. The molecule has 0 radical (unpaired) electrons. The van der Waals surface area contributed by atoms with Crippen LogP contribution in [0.15, 0.2) is 30.5 Å². The van der Waals surface area contributed by atoms with E-state index in [1.807, 2.05) is 0 Å². The first kappa shape index (κ1) is 14.1. The summed E-state index contributed by atoms with van der Waals surface area (Å²) in [4.78, 5) is 0. The fourth-order valence-corrected chi connectivity index (χ4v) is 2.42. The molecule has 0 spiro atoms. The Morgan fingerprint density at radius 2 is 2.05 bits per heavy atom. The van der Waals surface area contributed by atoms with Crippen LogP contribution in [0.4, 0.5) is 0 Å². The lowest BCUT2D eigenvalue weighted by atomic mass is 10.1. The number of hydrogen-bond acceptors (Lipinski definition) is 2. The van der Waals surface area contributed by atoms with Crippen LogP contribution in [0.1, 0.15) is 18.9 Å². The van der Waals surface area contributed by atoms with E-state index in [1.165, 1.54) is 22.9 Å². The minimum absolute atomic E-state index is 0.756. The fraction of sp³-hybridized carbons (Fsp3) is 0.500. The van der Waals surface area contributed by atoms with Crippen molar-refractivity contribution in [3.63, 3.8) is 0 Å². The number of rotatable bonds is 8. The lowest BCUT2D eigenvalue weighted by Crippen LogP contribution is -2.17. The summed E-state index contributed by atoms with van der Waals surface area (Å²) in [7, 11) is 1.75. The molecule has 0 amide bonds. The van der Waals surface area contributed by atoms with Gasteiger partial charge in [0.2, 0.25) is 0 Å². The highest BCUT2D eigenvalue weighted by Crippen LogP contribution is 2.21. The second kappa shape index (κ2) is 7.31. The number of nitrogens with zero attached hydrogens (tertiary/aromatic N) is 1. The summed E-state index contributed by atoms with van der Waals surface area (Å²) < 4.78 is 7.48. The third kappa shape index (κ3) is 3.58. The predicted molar refractivity (Wildman–Crippen MR) is 80.7 cm³/mol. The second-order valence-electron chi connectivity index (χ2n) is 4.86. The van der Waals surface area contributed by atoms with Crippen LogP contribution >= 0.6 is 0 Å². The van der Waals surface area contributed by atoms with E-state index in [4.69, 9.17) is 4.74 Å². The Kier molecular flexibility index (Phi) is 5.43. The summed E-state index contributed by atoms with van der Waals surface area (Å²) in [6.07, 6.45) is 4.55. The average molecular weight is 260 g/mol. The maximum Gasteiger partial charge on any atom is 0.0641 e. The molecule has 1 heterocycles. The molecule has 104 valence electrons. The molecular formula is C16H24N2O. The fourth-order valence-electron chi connectivity index (χ4n) is 2.42. The van der Waals surface area contributed by atoms with E-state index < -0.39 is 0 Å². The molecule has 0 aliphatic heterocycles. The SMILES string of the molecule is CCCNCCc1cn(CCOC)c2ccccc12. The van der Waals surface area contributed by atoms with E-state index in [-0.39, 0.29) is 0 Å². The van der Waals surface area contributed by atoms with Crippen LogP contribution in [0.5, 0.6) is 0 Å². The van der Waals surface area contributed by atoms with Crippen LogP contribution in [0.3, 0.4) is 0 Å². The molecule has 0 aliphatic rings. The van der Waals surface area contributed by atoms with Crippen LogP contribution in [-0.4, -0.2) is 31.4 Å². The first-order chi connectivity index (χ1) is 9.36. The van der Waals surface area contributed by atoms with Crippen molar-refractivity contribution < 1.29 is 4.74 Å². The van der Waals surface area contributed by atoms with Crippen molar-refractivity contribution in [2.75, 3.05) is 26.8 Å². The van der Waals surface area contributed by atoms with Gasteiger partial charge in [-0.3, -0.25) is 0 Å². The summed E-state index contributed by atoms with van der Waals surface area (Å²) in [5.41, 5.74) is 2.74. The van der Waals surface area contributed by atoms with E-state index in [9.17, 15) is 0 Å². The van der Waals surface area contributed by atoms with Crippen molar-refractivity contribution in [3.8, 4) is 0 Å². The van der Waals surface area contributed by atoms with Gasteiger partial charge in [-0.05, 0) is 37.6 Å². The molecule has 0 fully saturated rings. The summed E-state index contributed by atoms with van der Waals surface area (Å²) in [6, 6.07) is 8.62. The van der Waals surface area contributed by atoms with Gasteiger partial charge in [0, 0.05) is 30.8 Å². The summed E-state index contributed by atoms with van der Waals surface area (Å²) >= 11 is 0. The quantitative estimate of drug-likeness (QED) is 0.739. The molecule has 0 saturated carbocycles. The Balaban J connectivity index is 2.13. The molecule has 2 aromatic rings. The van der Waals surface area contributed by atoms with Crippen molar-refractivity contribution >= 4 is 10.9 Å². The number of para-hydroxylation sites is 1. The largest absolute Gasteiger partial charge is 0.383 e. The molecule has 1 N–H and O–H groups in total. The van der Waals surface area contributed by atoms with E-state index >= 15 is 0 Å². The van der Waals surface area contributed by atoms with E-state index in [0.717, 1.165) is 32.7 Å². The van der Waals surface area contributed by atoms with Crippen molar-refractivity contribution in [1.29, 1.82) is 0 Å². The maximum atomic E-state index is 5.18. The zero-order valence-electron chi connectivity index (χ0n) is 12.0. The number of hydrogen-bond donors (Lipinski definition) is 1. The highest BCUT2D eigenvalue weighted by atomic mass is 16.5. The van der Waals surface area contributed by atoms with Gasteiger partial charge in [0.05, 0.1) is 6.61 Å². The predicted octanol–water partition coefficient (Wildman–Crippen LogP) is 2.83. The summed E-state index contributed by atoms with van der Waals surface area (Å²) in [5, 5.41) is 4.84. The Bertz CT molecular complexity index is 504. The van der Waals surface area contributed by atoms with Gasteiger partial charge in [-0.15, -0.1) is 0 Å². The van der Waals surface area contributed by atoms with Crippen LogP contribution in [-0.2, 0) is 17.7 Å². The summed E-state index contributed by atoms with van der Waals surface area (Å²) in [5.74, 6) is 0. The van der Waals surface area contributed by atoms with Gasteiger partial charge >= 0.3 is 0 Å². The Morgan fingerprint density at radius 1 is 1.21 bits per heavy atom. The molecule has 0 atom stereocenters. The third-order valence-corrected chi connectivity index (χ3v) is 3.41. The number of aromatic nitrogens is 1. The lowest BCUT2D eigenvalue weighted by molar-refractivity contribution is 0.188. The number of fused-ring (bicyclic) bond motifs is 1. The van der Waals surface area contributed by atoms with Gasteiger partial charge in [-0.2, -0.15) is 0 Å². The highest BCUT2D eigenvalue weighted by Gasteiger charge is 2.07. The maximum absolute atomic E-state index is 5.18. The number of ether oxygens (including phenoxy) is 1. The zero-order chi connectivity index (χ0) is 13.5. The lowest BCUT2D eigenvalue weighted by Gasteiger charge is -2.03. The topological polar surface area (TPSA) is 26.2 Å². The Labute approximate surface area is 115 Å². The van der Waals surface area contributed by atoms with Gasteiger partial charge in [0.25, 0.3) is 0 Å². The van der Waals surface area contributed by atoms with E-state index in [2.05, 4.69) is 47.3 Å². The molecule has 1 aromatic carbocycles. The molecule has 0 unspecified atom stereocenters. The number of nitrogens with one attached hydrogen (secondary N) is 1. The molecule has 3 nitrogen and oxygen atoms in total. The van der Waals surface area contributed by atoms with Crippen molar-refractivity contribution in [1.82, 2.24) is 9.88 Å². The standard InChI is InChI=1S/C16H24N2O/c1-3-9-17-10-8-14-13-18(11-12-19-2)16-7-5-4-6-15(14)16/h4-7,13,17H,3,8-12H2,1-2H3. The van der Waals surface area contributed by atoms with Crippen LogP contribution in [0, 0.1) is 0 Å². The first-order valence-electron chi connectivity index (χ1n) is 7.13. The normalized spacial score (nSPS) is 11.3. The van der Waals surface area contributed by atoms with Gasteiger partial charge in [0.15, 0.2) is 0 Å². The Hall–Kier alpha value is -1.32. The van der Waals surface area contributed by atoms with Gasteiger partial charge in [-0.1, -0.05) is 25.1 Å². The Morgan fingerprint density at radius 3 is 2.84 bits per heavy atom. The molecule has 0 bridgehead atoms. The smallest absolute Gasteiger partial charge is 0.0641 e. The van der Waals surface area contributed by atoms with Crippen LogP contribution < -0.4 is 5.32 Å². The number of benzene rings is 1. The molecule has 0 aliphatic carbocycles. The van der Waals surface area contributed by atoms with E-state index in [0.29, 0.717) is 0 Å². The third-order valence-electron chi connectivity index (χ3n) is 3.41. The van der Waals surface area contributed by atoms with Crippen molar-refractivity contribution in [2.45, 2.75) is 26.3 Å². The van der Waals surface area contributed by atoms with Crippen LogP contribution in [0.25, 0.3) is 10.9 Å². The van der Waals surface area contributed by atoms with E-state index in [1.54, 1.807) is 7.11 Å². The van der Waals surface area contributed by atoms with Crippen molar-refractivity contribution in [2.24, 2.45) is 0 Å². The molecule has 2 rings (SSSR count).